The van der Waals surface area contributed by atoms with Crippen LogP contribution in [0.4, 0.5) is 4.39 Å². The molecule has 4 rings (SSSR count). The monoisotopic (exact) mass is 411 g/mol. The Labute approximate surface area is 170 Å². The van der Waals surface area contributed by atoms with Crippen molar-refractivity contribution in [1.29, 1.82) is 0 Å². The van der Waals surface area contributed by atoms with Crippen LogP contribution < -0.4 is 0 Å². The summed E-state index contributed by atoms with van der Waals surface area (Å²) in [5.41, 5.74) is 0.576. The Balaban J connectivity index is 1.87. The van der Waals surface area contributed by atoms with Crippen LogP contribution in [-0.2, 0) is 16.1 Å². The zero-order valence-corrected chi connectivity index (χ0v) is 15.8. The number of Topliss-reactive ketones (excluding diaryl/α,β-unsaturated/α-hetero) is 1. The Morgan fingerprint density at radius 1 is 1.10 bits per heavy atom. The lowest BCUT2D eigenvalue weighted by Gasteiger charge is -2.24. The van der Waals surface area contributed by atoms with Gasteiger partial charge in [-0.1, -0.05) is 23.7 Å². The number of hydrogen-bond donors (Lipinski definition) is 1. The number of furan rings is 1. The highest BCUT2D eigenvalue weighted by Crippen LogP contribution is 2.40. The van der Waals surface area contributed by atoms with Crippen molar-refractivity contribution < 1.29 is 23.5 Å². The first kappa shape index (κ1) is 19.0. The summed E-state index contributed by atoms with van der Waals surface area (Å²) in [6.07, 6.45) is 1.46. The van der Waals surface area contributed by atoms with Crippen molar-refractivity contribution >= 4 is 29.1 Å². The molecular formula is C22H15ClFNO4. The molecule has 1 unspecified atom stereocenters. The second-order valence-electron chi connectivity index (χ2n) is 6.57. The van der Waals surface area contributed by atoms with Gasteiger partial charge in [0.2, 0.25) is 0 Å². The Hall–Kier alpha value is -3.38. The number of rotatable bonds is 4. The number of carbonyl (C=O) groups is 2. The average molecular weight is 412 g/mol. The van der Waals surface area contributed by atoms with E-state index >= 15 is 0 Å². The van der Waals surface area contributed by atoms with E-state index in [1.54, 1.807) is 42.5 Å². The molecule has 1 N–H and O–H groups in total. The largest absolute Gasteiger partial charge is 0.507 e. The third-order valence-corrected chi connectivity index (χ3v) is 4.98. The summed E-state index contributed by atoms with van der Waals surface area (Å²) in [6.45, 7) is -0.00382. The molecule has 1 aliphatic rings. The van der Waals surface area contributed by atoms with Gasteiger partial charge in [-0.05, 0) is 54.1 Å². The van der Waals surface area contributed by atoms with Gasteiger partial charge in [-0.25, -0.2) is 4.39 Å². The van der Waals surface area contributed by atoms with Gasteiger partial charge in [-0.2, -0.15) is 0 Å². The fourth-order valence-electron chi connectivity index (χ4n) is 3.40. The molecule has 0 spiro atoms. The fraction of sp³-hybridized carbons (Fsp3) is 0.0909. The number of ketones is 1. The number of halogens is 2. The molecule has 5 nitrogen and oxygen atoms in total. The number of likely N-dealkylation sites (tertiary alicyclic amines) is 1. The quantitative estimate of drug-likeness (QED) is 0.384. The average Bonchev–Trinajstić information content (AvgIpc) is 3.30. The van der Waals surface area contributed by atoms with Crippen molar-refractivity contribution in [3.05, 3.63) is 100 Å². The van der Waals surface area contributed by atoms with Gasteiger partial charge in [0.15, 0.2) is 0 Å². The van der Waals surface area contributed by atoms with Crippen molar-refractivity contribution in [2.45, 2.75) is 12.6 Å². The predicted molar refractivity (Wildman–Crippen MR) is 104 cm³/mol. The van der Waals surface area contributed by atoms with Crippen molar-refractivity contribution in [2.75, 3.05) is 0 Å². The van der Waals surface area contributed by atoms with Crippen LogP contribution >= 0.6 is 11.6 Å². The van der Waals surface area contributed by atoms with Crippen LogP contribution in [0.2, 0.25) is 5.02 Å². The first-order chi connectivity index (χ1) is 14.0. The Kier molecular flexibility index (Phi) is 4.94. The molecule has 1 fully saturated rings. The highest BCUT2D eigenvalue weighted by atomic mass is 35.5. The lowest BCUT2D eigenvalue weighted by atomic mass is 9.95. The molecule has 146 valence electrons. The molecular weight excluding hydrogens is 397 g/mol. The minimum Gasteiger partial charge on any atom is -0.507 e. The molecule has 3 aromatic rings. The van der Waals surface area contributed by atoms with E-state index in [1.807, 2.05) is 0 Å². The summed E-state index contributed by atoms with van der Waals surface area (Å²) >= 11 is 5.89. The molecule has 0 aliphatic carbocycles. The van der Waals surface area contributed by atoms with E-state index in [2.05, 4.69) is 0 Å². The van der Waals surface area contributed by atoms with Gasteiger partial charge in [0.1, 0.15) is 17.3 Å². The smallest absolute Gasteiger partial charge is 0.296 e. The summed E-state index contributed by atoms with van der Waals surface area (Å²) in [5, 5.41) is 11.3. The lowest BCUT2D eigenvalue weighted by Crippen LogP contribution is -2.29. The number of hydrogen-bond acceptors (Lipinski definition) is 4. The summed E-state index contributed by atoms with van der Waals surface area (Å²) in [4.78, 5) is 26.9. The third kappa shape index (κ3) is 3.54. The van der Waals surface area contributed by atoms with Gasteiger partial charge >= 0.3 is 0 Å². The molecule has 2 heterocycles. The van der Waals surface area contributed by atoms with Crippen LogP contribution in [0, 0.1) is 5.82 Å². The number of aliphatic hydroxyl groups is 1. The maximum atomic E-state index is 13.9. The number of benzene rings is 2. The van der Waals surface area contributed by atoms with Crippen molar-refractivity contribution in [1.82, 2.24) is 4.90 Å². The molecule has 29 heavy (non-hydrogen) atoms. The maximum absolute atomic E-state index is 13.9. The molecule has 0 radical (unpaired) electrons. The minimum absolute atomic E-state index is 0.00382. The van der Waals surface area contributed by atoms with E-state index < -0.39 is 23.5 Å². The standard InChI is InChI=1S/C22H15ClFNO4/c23-15-8-6-13(7-9-15)20(26)18-19(14-3-1-4-16(24)11-14)25(22(28)21(18)27)12-17-5-2-10-29-17/h1-11,19,26H,12H2/b20-18+. The van der Waals surface area contributed by atoms with Crippen LogP contribution in [0.5, 0.6) is 0 Å². The van der Waals surface area contributed by atoms with Crippen LogP contribution in [0.3, 0.4) is 0 Å². The highest BCUT2D eigenvalue weighted by molar-refractivity contribution is 6.46. The zero-order chi connectivity index (χ0) is 20.5. The van der Waals surface area contributed by atoms with E-state index in [0.29, 0.717) is 21.9 Å². The van der Waals surface area contributed by atoms with Crippen LogP contribution in [0.15, 0.2) is 76.9 Å². The van der Waals surface area contributed by atoms with Crippen molar-refractivity contribution in [2.24, 2.45) is 0 Å². The summed E-state index contributed by atoms with van der Waals surface area (Å²) < 4.78 is 19.2. The Bertz CT molecular complexity index is 1110. The minimum atomic E-state index is -0.966. The summed E-state index contributed by atoms with van der Waals surface area (Å²) in [5.74, 6) is -2.06. The van der Waals surface area contributed by atoms with Gasteiger partial charge in [0.05, 0.1) is 24.4 Å². The van der Waals surface area contributed by atoms with Gasteiger partial charge in [-0.3, -0.25) is 9.59 Å². The summed E-state index contributed by atoms with van der Waals surface area (Å²) in [7, 11) is 0. The molecule has 7 heteroatoms. The van der Waals surface area contributed by atoms with E-state index in [1.165, 1.54) is 29.4 Å². The first-order valence-corrected chi connectivity index (χ1v) is 9.15. The van der Waals surface area contributed by atoms with E-state index in [4.69, 9.17) is 16.0 Å². The first-order valence-electron chi connectivity index (χ1n) is 8.78. The van der Waals surface area contributed by atoms with Crippen LogP contribution in [0.25, 0.3) is 5.76 Å². The molecule has 0 saturated carbocycles. The fourth-order valence-corrected chi connectivity index (χ4v) is 3.53. The van der Waals surface area contributed by atoms with Gasteiger partial charge < -0.3 is 14.4 Å². The number of aliphatic hydroxyl groups excluding tert-OH is 1. The summed E-state index contributed by atoms with van der Waals surface area (Å²) in [6, 6.07) is 14.2. The van der Waals surface area contributed by atoms with Crippen molar-refractivity contribution in [3.8, 4) is 0 Å². The van der Waals surface area contributed by atoms with Crippen molar-refractivity contribution in [3.63, 3.8) is 0 Å². The zero-order valence-electron chi connectivity index (χ0n) is 15.0. The van der Waals surface area contributed by atoms with E-state index in [-0.39, 0.29) is 17.9 Å². The Morgan fingerprint density at radius 3 is 2.52 bits per heavy atom. The topological polar surface area (TPSA) is 70.8 Å². The second-order valence-corrected chi connectivity index (χ2v) is 7.00. The van der Waals surface area contributed by atoms with E-state index in [0.717, 1.165) is 0 Å². The molecule has 1 atom stereocenters. The molecule has 0 bridgehead atoms. The Morgan fingerprint density at radius 2 is 1.86 bits per heavy atom. The van der Waals surface area contributed by atoms with Gasteiger partial charge in [0.25, 0.3) is 11.7 Å². The van der Waals surface area contributed by atoms with Gasteiger partial charge in [0, 0.05) is 10.6 Å². The predicted octanol–water partition coefficient (Wildman–Crippen LogP) is 4.69. The van der Waals surface area contributed by atoms with E-state index in [9.17, 15) is 19.1 Å². The van der Waals surface area contributed by atoms with Crippen LogP contribution in [0.1, 0.15) is 22.9 Å². The molecule has 1 saturated heterocycles. The van der Waals surface area contributed by atoms with Gasteiger partial charge in [-0.15, -0.1) is 0 Å². The number of nitrogens with zero attached hydrogens (tertiary/aromatic N) is 1. The molecule has 1 amide bonds. The molecule has 1 aliphatic heterocycles. The molecule has 1 aromatic heterocycles. The highest BCUT2D eigenvalue weighted by Gasteiger charge is 2.46. The third-order valence-electron chi connectivity index (χ3n) is 4.73. The normalized spacial score (nSPS) is 18.4. The van der Waals surface area contributed by atoms with Crippen LogP contribution in [-0.4, -0.2) is 21.7 Å². The second kappa shape index (κ2) is 7.56. The SMILES string of the molecule is O=C1C(=O)N(Cc2ccco2)C(c2cccc(F)c2)/C1=C(\O)c1ccc(Cl)cc1. The number of amides is 1. The lowest BCUT2D eigenvalue weighted by molar-refractivity contribution is -0.140. The number of carbonyl (C=O) groups excluding carboxylic acids is 2. The maximum Gasteiger partial charge on any atom is 0.296 e. The molecule has 2 aromatic carbocycles.